The lowest BCUT2D eigenvalue weighted by Crippen LogP contribution is -2.44. The number of aryl methyl sites for hydroxylation is 2. The highest BCUT2D eigenvalue weighted by molar-refractivity contribution is 5.92. The molecule has 31 heavy (non-hydrogen) atoms. The average molecular weight is 426 g/mol. The number of hydrogen-bond acceptors (Lipinski definition) is 5. The second-order valence-electron chi connectivity index (χ2n) is 8.49. The largest absolute Gasteiger partial charge is 0.497 e. The second kappa shape index (κ2) is 9.94. The van der Waals surface area contributed by atoms with E-state index in [-0.39, 0.29) is 17.9 Å². The van der Waals surface area contributed by atoms with Crippen molar-refractivity contribution in [3.05, 3.63) is 41.7 Å². The molecule has 1 N–H and O–H groups in total. The van der Waals surface area contributed by atoms with Crippen LogP contribution in [0.4, 0.5) is 0 Å². The SMILES string of the molecule is COc1cccc(CCC(=O)N2CCCC[C@H]2CCn2cc(C(=O)NC3CC3)nn2)c1. The topological polar surface area (TPSA) is 89.4 Å². The molecule has 4 rings (SSSR count). The molecule has 166 valence electrons. The zero-order valence-corrected chi connectivity index (χ0v) is 18.1. The Morgan fingerprint density at radius 2 is 2.10 bits per heavy atom. The van der Waals surface area contributed by atoms with Gasteiger partial charge in [-0.05, 0) is 62.6 Å². The zero-order chi connectivity index (χ0) is 21.6. The summed E-state index contributed by atoms with van der Waals surface area (Å²) in [6.07, 6.45) is 9.02. The number of methoxy groups -OCH3 is 1. The van der Waals surface area contributed by atoms with Crippen LogP contribution in [-0.2, 0) is 17.8 Å². The maximum absolute atomic E-state index is 13.0. The van der Waals surface area contributed by atoms with Crippen molar-refractivity contribution < 1.29 is 14.3 Å². The van der Waals surface area contributed by atoms with Gasteiger partial charge in [0.25, 0.3) is 5.91 Å². The van der Waals surface area contributed by atoms with Gasteiger partial charge < -0.3 is 15.0 Å². The molecule has 0 radical (unpaired) electrons. The highest BCUT2D eigenvalue weighted by Crippen LogP contribution is 2.23. The standard InChI is InChI=1S/C23H31N5O3/c1-31-20-7-4-5-17(15-20)8-11-22(29)28-13-3-2-6-19(28)12-14-27-16-21(25-26-27)23(30)24-18-9-10-18/h4-5,7,15-16,18-19H,2-3,6,8-14H2,1H3,(H,24,30)/t19-/m0/s1. The van der Waals surface area contributed by atoms with E-state index in [4.69, 9.17) is 4.74 Å². The number of nitrogens with zero attached hydrogens (tertiary/aromatic N) is 4. The van der Waals surface area contributed by atoms with Crippen LogP contribution in [0.1, 0.15) is 61.0 Å². The Balaban J connectivity index is 1.29. The molecule has 2 amide bonds. The number of amides is 2. The Labute approximate surface area is 182 Å². The quantitative estimate of drug-likeness (QED) is 0.667. The van der Waals surface area contributed by atoms with Gasteiger partial charge in [0.05, 0.1) is 13.3 Å². The van der Waals surface area contributed by atoms with Crippen molar-refractivity contribution in [1.29, 1.82) is 0 Å². The molecule has 1 atom stereocenters. The molecule has 1 aromatic carbocycles. The van der Waals surface area contributed by atoms with Gasteiger partial charge in [0.15, 0.2) is 5.69 Å². The number of carbonyl (C=O) groups excluding carboxylic acids is 2. The lowest BCUT2D eigenvalue weighted by molar-refractivity contribution is -0.135. The summed E-state index contributed by atoms with van der Waals surface area (Å²) in [5, 5.41) is 11.0. The fourth-order valence-corrected chi connectivity index (χ4v) is 4.13. The van der Waals surface area contributed by atoms with Gasteiger partial charge in [0.2, 0.25) is 5.91 Å². The molecular weight excluding hydrogens is 394 g/mol. The molecule has 0 bridgehead atoms. The minimum absolute atomic E-state index is 0.152. The van der Waals surface area contributed by atoms with Crippen molar-refractivity contribution in [3.8, 4) is 5.75 Å². The van der Waals surface area contributed by atoms with Gasteiger partial charge in [-0.25, -0.2) is 0 Å². The predicted octanol–water partition coefficient (Wildman–Crippen LogP) is 2.58. The van der Waals surface area contributed by atoms with Crippen LogP contribution in [-0.4, -0.2) is 57.4 Å². The van der Waals surface area contributed by atoms with E-state index in [0.717, 1.165) is 56.4 Å². The van der Waals surface area contributed by atoms with Crippen molar-refractivity contribution in [2.45, 2.75) is 70.0 Å². The molecular formula is C23H31N5O3. The summed E-state index contributed by atoms with van der Waals surface area (Å²) >= 11 is 0. The fourth-order valence-electron chi connectivity index (χ4n) is 4.13. The Morgan fingerprint density at radius 3 is 2.90 bits per heavy atom. The van der Waals surface area contributed by atoms with E-state index in [1.165, 1.54) is 0 Å². The third kappa shape index (κ3) is 5.83. The van der Waals surface area contributed by atoms with Crippen LogP contribution in [0.15, 0.2) is 30.5 Å². The molecule has 1 saturated heterocycles. The number of nitrogens with one attached hydrogen (secondary N) is 1. The van der Waals surface area contributed by atoms with Crippen LogP contribution < -0.4 is 10.1 Å². The van der Waals surface area contributed by atoms with Crippen LogP contribution in [0.2, 0.25) is 0 Å². The molecule has 8 nitrogen and oxygen atoms in total. The highest BCUT2D eigenvalue weighted by atomic mass is 16.5. The van der Waals surface area contributed by atoms with Crippen molar-refractivity contribution in [3.63, 3.8) is 0 Å². The third-order valence-corrected chi connectivity index (χ3v) is 6.08. The van der Waals surface area contributed by atoms with E-state index in [2.05, 4.69) is 15.6 Å². The molecule has 8 heteroatoms. The second-order valence-corrected chi connectivity index (χ2v) is 8.49. The summed E-state index contributed by atoms with van der Waals surface area (Å²) in [5.41, 5.74) is 1.47. The zero-order valence-electron chi connectivity index (χ0n) is 18.1. The minimum atomic E-state index is -0.152. The molecule has 1 aliphatic heterocycles. The van der Waals surface area contributed by atoms with E-state index < -0.39 is 0 Å². The highest BCUT2D eigenvalue weighted by Gasteiger charge is 2.27. The summed E-state index contributed by atoms with van der Waals surface area (Å²) in [6.45, 7) is 1.46. The van der Waals surface area contributed by atoms with E-state index >= 15 is 0 Å². The van der Waals surface area contributed by atoms with Crippen LogP contribution in [0, 0.1) is 0 Å². The van der Waals surface area contributed by atoms with Crippen molar-refractivity contribution in [1.82, 2.24) is 25.2 Å². The number of ether oxygens (including phenoxy) is 1. The van der Waals surface area contributed by atoms with Gasteiger partial charge in [-0.1, -0.05) is 17.3 Å². The lowest BCUT2D eigenvalue weighted by Gasteiger charge is -2.36. The maximum Gasteiger partial charge on any atom is 0.273 e. The van der Waals surface area contributed by atoms with Gasteiger partial charge >= 0.3 is 0 Å². The Kier molecular flexibility index (Phi) is 6.84. The van der Waals surface area contributed by atoms with Gasteiger partial charge in [-0.2, -0.15) is 0 Å². The van der Waals surface area contributed by atoms with E-state index in [0.29, 0.717) is 31.1 Å². The smallest absolute Gasteiger partial charge is 0.273 e. The lowest BCUT2D eigenvalue weighted by atomic mass is 9.98. The summed E-state index contributed by atoms with van der Waals surface area (Å²) < 4.78 is 6.99. The van der Waals surface area contributed by atoms with Crippen LogP contribution in [0.3, 0.4) is 0 Å². The molecule has 1 aromatic heterocycles. The monoisotopic (exact) mass is 425 g/mol. The molecule has 2 aromatic rings. The normalized spacial score (nSPS) is 18.6. The number of rotatable bonds is 9. The molecule has 1 saturated carbocycles. The number of hydrogen-bond donors (Lipinski definition) is 1. The number of benzene rings is 1. The fraction of sp³-hybridized carbons (Fsp3) is 0.565. The minimum Gasteiger partial charge on any atom is -0.497 e. The van der Waals surface area contributed by atoms with Crippen LogP contribution in [0.5, 0.6) is 5.75 Å². The summed E-state index contributed by atoms with van der Waals surface area (Å²) in [7, 11) is 1.65. The Morgan fingerprint density at radius 1 is 1.23 bits per heavy atom. The number of carbonyl (C=O) groups is 2. The number of aromatic nitrogens is 3. The Hall–Kier alpha value is -2.90. The van der Waals surface area contributed by atoms with Crippen molar-refractivity contribution >= 4 is 11.8 Å². The first kappa shape index (κ1) is 21.3. The van der Waals surface area contributed by atoms with Gasteiger partial charge in [0, 0.05) is 31.6 Å². The van der Waals surface area contributed by atoms with Crippen LogP contribution in [0.25, 0.3) is 0 Å². The van der Waals surface area contributed by atoms with Gasteiger partial charge in [-0.15, -0.1) is 5.10 Å². The number of likely N-dealkylation sites (tertiary alicyclic amines) is 1. The first-order valence-corrected chi connectivity index (χ1v) is 11.3. The van der Waals surface area contributed by atoms with E-state index in [1.807, 2.05) is 29.2 Å². The molecule has 0 spiro atoms. The van der Waals surface area contributed by atoms with Crippen molar-refractivity contribution in [2.24, 2.45) is 0 Å². The van der Waals surface area contributed by atoms with Gasteiger partial charge in [0.1, 0.15) is 5.75 Å². The number of piperidine rings is 1. The first-order valence-electron chi connectivity index (χ1n) is 11.3. The summed E-state index contributed by atoms with van der Waals surface area (Å²) in [4.78, 5) is 27.1. The van der Waals surface area contributed by atoms with E-state index in [1.54, 1.807) is 18.0 Å². The molecule has 1 aliphatic carbocycles. The molecule has 2 heterocycles. The third-order valence-electron chi connectivity index (χ3n) is 6.08. The van der Waals surface area contributed by atoms with Gasteiger partial charge in [-0.3, -0.25) is 14.3 Å². The Bertz CT molecular complexity index is 908. The molecule has 2 aliphatic rings. The summed E-state index contributed by atoms with van der Waals surface area (Å²) in [5.74, 6) is 0.871. The first-order chi connectivity index (χ1) is 15.1. The summed E-state index contributed by atoms with van der Waals surface area (Å²) in [6, 6.07) is 8.40. The molecule has 2 fully saturated rings. The van der Waals surface area contributed by atoms with Crippen LogP contribution >= 0.6 is 0 Å². The molecule has 0 unspecified atom stereocenters. The van der Waals surface area contributed by atoms with Crippen molar-refractivity contribution in [2.75, 3.05) is 13.7 Å². The maximum atomic E-state index is 13.0. The predicted molar refractivity (Wildman–Crippen MR) is 116 cm³/mol. The average Bonchev–Trinajstić information content (AvgIpc) is 3.49. The van der Waals surface area contributed by atoms with E-state index in [9.17, 15) is 9.59 Å².